The summed E-state index contributed by atoms with van der Waals surface area (Å²) in [6, 6.07) is 0. The zero-order valence-electron chi connectivity index (χ0n) is 17.0. The maximum Gasteiger partial charge on any atom is 0.416 e. The highest BCUT2D eigenvalue weighted by atomic mass is 16.4. The fraction of sp³-hybridized carbons (Fsp3) is 0.864. The second-order valence-corrected chi connectivity index (χ2v) is 7.67. The van der Waals surface area contributed by atoms with Crippen LogP contribution in [0.2, 0.25) is 0 Å². The summed E-state index contributed by atoms with van der Waals surface area (Å²) < 4.78 is 5.38. The monoisotopic (exact) mass is 351 g/mol. The van der Waals surface area contributed by atoms with Gasteiger partial charge in [-0.2, -0.15) is 0 Å². The summed E-state index contributed by atoms with van der Waals surface area (Å²) in [5.74, 6) is 0.529. The minimum absolute atomic E-state index is 0.0393. The van der Waals surface area contributed by atoms with Crippen molar-refractivity contribution >= 4 is 0 Å². The van der Waals surface area contributed by atoms with Crippen LogP contribution < -0.4 is 5.76 Å². The van der Waals surface area contributed by atoms with Crippen LogP contribution in [0.1, 0.15) is 123 Å². The smallest absolute Gasteiger partial charge is 0.412 e. The highest BCUT2D eigenvalue weighted by Crippen LogP contribution is 2.36. The topological polar surface area (TPSA) is 46.0 Å². The lowest BCUT2D eigenvalue weighted by molar-refractivity contribution is 0.276. The molecule has 146 valence electrons. The molecule has 1 rings (SSSR count). The Morgan fingerprint density at radius 2 is 1.28 bits per heavy atom. The molecule has 3 nitrogen and oxygen atoms in total. The zero-order valence-corrected chi connectivity index (χ0v) is 17.0. The van der Waals surface area contributed by atoms with E-state index in [1.807, 2.05) is 0 Å². The molecular formula is C22H41NO2. The van der Waals surface area contributed by atoms with Crippen LogP contribution in [0.5, 0.6) is 0 Å². The van der Waals surface area contributed by atoms with E-state index in [1.165, 1.54) is 77.0 Å². The number of hydrogen-bond acceptors (Lipinski definition) is 2. The van der Waals surface area contributed by atoms with Gasteiger partial charge in [0.1, 0.15) is 5.76 Å². The van der Waals surface area contributed by atoms with E-state index >= 15 is 0 Å². The first-order valence-electron chi connectivity index (χ1n) is 10.9. The second-order valence-electron chi connectivity index (χ2n) is 7.67. The Kier molecular flexibility index (Phi) is 11.7. The van der Waals surface area contributed by atoms with Crippen molar-refractivity contribution < 1.29 is 4.42 Å². The molecule has 0 radical (unpaired) electrons. The van der Waals surface area contributed by atoms with Crippen molar-refractivity contribution in [3.63, 3.8) is 0 Å². The van der Waals surface area contributed by atoms with Crippen molar-refractivity contribution in [1.29, 1.82) is 0 Å². The molecule has 1 heterocycles. The van der Waals surface area contributed by atoms with Gasteiger partial charge in [0.25, 0.3) is 0 Å². The number of nitrogens with one attached hydrogen (secondary N) is 1. The van der Waals surface area contributed by atoms with Gasteiger partial charge in [-0.1, -0.05) is 97.8 Å². The predicted octanol–water partition coefficient (Wildman–Crippen LogP) is 7.12. The quantitative estimate of drug-likeness (QED) is 0.322. The van der Waals surface area contributed by atoms with Crippen molar-refractivity contribution in [1.82, 2.24) is 4.98 Å². The highest BCUT2D eigenvalue weighted by Gasteiger charge is 2.31. The molecule has 25 heavy (non-hydrogen) atoms. The normalized spacial score (nSPS) is 12.0. The molecule has 0 aliphatic rings. The van der Waals surface area contributed by atoms with Crippen molar-refractivity contribution in [2.24, 2.45) is 0 Å². The number of aromatic amines is 1. The Hall–Kier alpha value is -0.990. The molecule has 0 bridgehead atoms. The number of H-pyrrole nitrogens is 1. The first-order valence-corrected chi connectivity index (χ1v) is 10.9. The lowest BCUT2D eigenvalue weighted by atomic mass is 9.76. The Balaban J connectivity index is 2.10. The molecular weight excluding hydrogens is 310 g/mol. The van der Waals surface area contributed by atoms with Crippen LogP contribution in [-0.4, -0.2) is 4.98 Å². The summed E-state index contributed by atoms with van der Waals surface area (Å²) in [6.45, 7) is 6.69. The minimum atomic E-state index is -0.323. The summed E-state index contributed by atoms with van der Waals surface area (Å²) in [6.07, 6.45) is 21.5. The summed E-state index contributed by atoms with van der Waals surface area (Å²) >= 11 is 0. The molecule has 0 fully saturated rings. The zero-order chi connectivity index (χ0) is 18.4. The van der Waals surface area contributed by atoms with Gasteiger partial charge in [0.15, 0.2) is 0 Å². The van der Waals surface area contributed by atoms with Gasteiger partial charge in [0, 0.05) is 11.6 Å². The summed E-state index contributed by atoms with van der Waals surface area (Å²) in [7, 11) is 0. The van der Waals surface area contributed by atoms with Gasteiger partial charge in [0.05, 0.1) is 0 Å². The van der Waals surface area contributed by atoms with E-state index in [9.17, 15) is 4.79 Å². The van der Waals surface area contributed by atoms with Crippen LogP contribution in [0.3, 0.4) is 0 Å². The molecule has 0 aromatic carbocycles. The van der Waals surface area contributed by atoms with E-state index in [1.54, 1.807) is 6.20 Å². The molecule has 0 saturated heterocycles. The van der Waals surface area contributed by atoms with Gasteiger partial charge in [-0.25, -0.2) is 4.79 Å². The van der Waals surface area contributed by atoms with E-state index in [0.717, 1.165) is 25.0 Å². The molecule has 0 unspecified atom stereocenters. The maximum atomic E-state index is 11.3. The van der Waals surface area contributed by atoms with Crippen molar-refractivity contribution in [3.8, 4) is 0 Å². The number of oxazole rings is 1. The molecule has 0 aliphatic heterocycles. The Labute approximate surface area is 155 Å². The molecule has 3 heteroatoms. The van der Waals surface area contributed by atoms with E-state index in [-0.39, 0.29) is 11.2 Å². The van der Waals surface area contributed by atoms with Gasteiger partial charge in [-0.15, -0.1) is 0 Å². The summed E-state index contributed by atoms with van der Waals surface area (Å²) in [5.41, 5.74) is 0.0393. The first-order chi connectivity index (χ1) is 12.2. The van der Waals surface area contributed by atoms with E-state index < -0.39 is 0 Å². The number of rotatable bonds is 16. The summed E-state index contributed by atoms with van der Waals surface area (Å²) in [5, 5.41) is 0. The highest BCUT2D eigenvalue weighted by molar-refractivity contribution is 5.09. The second kappa shape index (κ2) is 13.2. The average molecular weight is 352 g/mol. The largest absolute Gasteiger partial charge is 0.416 e. The van der Waals surface area contributed by atoms with Crippen LogP contribution in [0.25, 0.3) is 0 Å². The minimum Gasteiger partial charge on any atom is -0.412 e. The number of hydrogen-bond donors (Lipinski definition) is 1. The molecule has 0 atom stereocenters. The Morgan fingerprint density at radius 1 is 0.800 bits per heavy atom. The van der Waals surface area contributed by atoms with Crippen LogP contribution in [0.4, 0.5) is 0 Å². The van der Waals surface area contributed by atoms with Crippen LogP contribution >= 0.6 is 0 Å². The number of unbranched alkanes of at least 4 members (excludes halogenated alkanes) is 11. The Morgan fingerprint density at radius 3 is 1.68 bits per heavy atom. The number of aromatic nitrogens is 1. The van der Waals surface area contributed by atoms with Crippen molar-refractivity contribution in [2.45, 2.75) is 122 Å². The molecule has 1 N–H and O–H groups in total. The van der Waals surface area contributed by atoms with Gasteiger partial charge in [-0.05, 0) is 19.3 Å². The lowest BCUT2D eigenvalue weighted by Gasteiger charge is -2.29. The van der Waals surface area contributed by atoms with Crippen LogP contribution in [0.15, 0.2) is 15.4 Å². The molecule has 1 aromatic rings. The van der Waals surface area contributed by atoms with Crippen molar-refractivity contribution in [3.05, 3.63) is 22.5 Å². The molecule has 1 aromatic heterocycles. The van der Waals surface area contributed by atoms with Gasteiger partial charge < -0.3 is 4.42 Å². The lowest BCUT2D eigenvalue weighted by Crippen LogP contribution is -2.24. The van der Waals surface area contributed by atoms with E-state index in [2.05, 4.69) is 25.8 Å². The molecule has 0 amide bonds. The third kappa shape index (κ3) is 8.29. The third-order valence-corrected chi connectivity index (χ3v) is 5.91. The first kappa shape index (κ1) is 22.1. The predicted molar refractivity (Wildman–Crippen MR) is 107 cm³/mol. The molecule has 0 saturated carbocycles. The van der Waals surface area contributed by atoms with Crippen LogP contribution in [0, 0.1) is 0 Å². The fourth-order valence-electron chi connectivity index (χ4n) is 3.92. The molecule has 0 spiro atoms. The maximum absolute atomic E-state index is 11.3. The third-order valence-electron chi connectivity index (χ3n) is 5.91. The van der Waals surface area contributed by atoms with Crippen LogP contribution in [-0.2, 0) is 5.41 Å². The van der Waals surface area contributed by atoms with Crippen molar-refractivity contribution in [2.75, 3.05) is 0 Å². The fourth-order valence-corrected chi connectivity index (χ4v) is 3.92. The molecule has 0 aliphatic carbocycles. The Bertz CT molecular complexity index is 470. The van der Waals surface area contributed by atoms with Gasteiger partial charge in [-0.3, -0.25) is 4.98 Å². The van der Waals surface area contributed by atoms with E-state index in [4.69, 9.17) is 4.42 Å². The van der Waals surface area contributed by atoms with E-state index in [0.29, 0.717) is 0 Å². The van der Waals surface area contributed by atoms with Gasteiger partial charge in [0.2, 0.25) is 0 Å². The average Bonchev–Trinajstić information content (AvgIpc) is 3.06. The SMILES string of the molecule is CCCCCCCCCCCCCCC(CC)(CC)c1c[nH]c(=O)o1. The standard InChI is InChI=1S/C22H41NO2/c1-4-7-8-9-10-11-12-13-14-15-16-17-18-22(5-2,6-3)20-19-23-21(24)25-20/h19H,4-18H2,1-3H3,(H,23,24). The van der Waals surface area contributed by atoms with Gasteiger partial charge >= 0.3 is 5.76 Å². The summed E-state index contributed by atoms with van der Waals surface area (Å²) in [4.78, 5) is 14.0.